The molecule has 0 radical (unpaired) electrons. The summed E-state index contributed by atoms with van der Waals surface area (Å²) in [5.41, 5.74) is 6.20. The van der Waals surface area contributed by atoms with Gasteiger partial charge in [0, 0.05) is 37.8 Å². The van der Waals surface area contributed by atoms with Crippen LogP contribution in [0.4, 0.5) is 5.82 Å². The van der Waals surface area contributed by atoms with E-state index in [-0.39, 0.29) is 0 Å². The standard InChI is InChI=1S/C18H28N6/c1-12-15(13(2)23-22-12)6-5-11-24(4)18-16-7-9-19-10-8-17(16)20-14(3)21-18/h19H,5-11H2,1-4H3,(H,22,23). The van der Waals surface area contributed by atoms with Crippen molar-refractivity contribution in [3.05, 3.63) is 34.0 Å². The van der Waals surface area contributed by atoms with Crippen LogP contribution in [0.3, 0.4) is 0 Å². The van der Waals surface area contributed by atoms with E-state index in [1.807, 2.05) is 6.92 Å². The number of rotatable bonds is 5. The Morgan fingerprint density at radius 3 is 2.62 bits per heavy atom. The number of fused-ring (bicyclic) bond motifs is 1. The second-order valence-corrected chi connectivity index (χ2v) is 6.71. The van der Waals surface area contributed by atoms with Gasteiger partial charge in [0.2, 0.25) is 0 Å². The Balaban J connectivity index is 1.71. The number of nitrogens with one attached hydrogen (secondary N) is 2. The molecular weight excluding hydrogens is 300 g/mol. The molecule has 0 spiro atoms. The summed E-state index contributed by atoms with van der Waals surface area (Å²) in [5, 5.41) is 10.8. The molecule has 0 saturated carbocycles. The largest absolute Gasteiger partial charge is 0.359 e. The van der Waals surface area contributed by atoms with Crippen LogP contribution in [0.5, 0.6) is 0 Å². The van der Waals surface area contributed by atoms with E-state index in [0.29, 0.717) is 0 Å². The molecule has 2 aromatic heterocycles. The number of nitrogens with zero attached hydrogens (tertiary/aromatic N) is 4. The average Bonchev–Trinajstić information content (AvgIpc) is 2.76. The Bertz CT molecular complexity index is 686. The number of H-pyrrole nitrogens is 1. The van der Waals surface area contributed by atoms with Crippen LogP contribution in [0.15, 0.2) is 0 Å². The first-order valence-corrected chi connectivity index (χ1v) is 8.85. The van der Waals surface area contributed by atoms with Crippen molar-refractivity contribution in [2.24, 2.45) is 0 Å². The van der Waals surface area contributed by atoms with Crippen LogP contribution in [0, 0.1) is 20.8 Å². The number of aromatic nitrogens is 4. The van der Waals surface area contributed by atoms with E-state index in [1.54, 1.807) is 0 Å². The van der Waals surface area contributed by atoms with Crippen LogP contribution in [0.25, 0.3) is 0 Å². The lowest BCUT2D eigenvalue weighted by molar-refractivity contribution is 0.707. The van der Waals surface area contributed by atoms with E-state index in [1.165, 1.54) is 22.5 Å². The van der Waals surface area contributed by atoms with Gasteiger partial charge in [-0.1, -0.05) is 0 Å². The third kappa shape index (κ3) is 3.59. The smallest absolute Gasteiger partial charge is 0.135 e. The molecule has 3 heterocycles. The molecule has 0 bridgehead atoms. The van der Waals surface area contributed by atoms with Crippen LogP contribution in [0.1, 0.15) is 40.5 Å². The fraction of sp³-hybridized carbons (Fsp3) is 0.611. The summed E-state index contributed by atoms with van der Waals surface area (Å²) in [6.45, 7) is 9.16. The summed E-state index contributed by atoms with van der Waals surface area (Å²) in [7, 11) is 2.15. The number of anilines is 1. The van der Waals surface area contributed by atoms with E-state index in [4.69, 9.17) is 4.98 Å². The molecule has 130 valence electrons. The second-order valence-electron chi connectivity index (χ2n) is 6.71. The molecule has 1 aliphatic heterocycles. The first-order valence-electron chi connectivity index (χ1n) is 8.85. The van der Waals surface area contributed by atoms with Crippen molar-refractivity contribution >= 4 is 5.82 Å². The Morgan fingerprint density at radius 1 is 1.08 bits per heavy atom. The molecule has 24 heavy (non-hydrogen) atoms. The third-order valence-electron chi connectivity index (χ3n) is 4.84. The van der Waals surface area contributed by atoms with Gasteiger partial charge in [-0.25, -0.2) is 9.97 Å². The summed E-state index contributed by atoms with van der Waals surface area (Å²) >= 11 is 0. The zero-order valence-corrected chi connectivity index (χ0v) is 15.2. The van der Waals surface area contributed by atoms with Crippen LogP contribution in [0.2, 0.25) is 0 Å². The fourth-order valence-electron chi connectivity index (χ4n) is 3.50. The molecule has 0 atom stereocenters. The molecule has 0 fully saturated rings. The Kier molecular flexibility index (Phi) is 5.14. The van der Waals surface area contributed by atoms with Gasteiger partial charge in [0.15, 0.2) is 0 Å². The van der Waals surface area contributed by atoms with Gasteiger partial charge in [0.1, 0.15) is 11.6 Å². The zero-order chi connectivity index (χ0) is 17.1. The first kappa shape index (κ1) is 16.9. The Hall–Kier alpha value is -1.95. The van der Waals surface area contributed by atoms with E-state index in [2.05, 4.69) is 46.3 Å². The highest BCUT2D eigenvalue weighted by Gasteiger charge is 2.18. The number of hydrogen-bond donors (Lipinski definition) is 2. The van der Waals surface area contributed by atoms with Gasteiger partial charge in [-0.3, -0.25) is 5.10 Å². The van der Waals surface area contributed by atoms with Crippen molar-refractivity contribution in [3.63, 3.8) is 0 Å². The molecule has 3 rings (SSSR count). The molecule has 0 aromatic carbocycles. The van der Waals surface area contributed by atoms with Crippen LogP contribution in [-0.2, 0) is 19.3 Å². The lowest BCUT2D eigenvalue weighted by Gasteiger charge is -2.22. The summed E-state index contributed by atoms with van der Waals surface area (Å²) in [6.07, 6.45) is 4.14. The SMILES string of the molecule is Cc1nc2c(c(N(C)CCCc3c(C)n[nH]c3C)n1)CCNCC2. The highest BCUT2D eigenvalue weighted by Crippen LogP contribution is 2.23. The average molecular weight is 328 g/mol. The quantitative estimate of drug-likeness (QED) is 0.877. The Morgan fingerprint density at radius 2 is 1.88 bits per heavy atom. The summed E-state index contributed by atoms with van der Waals surface area (Å²) in [4.78, 5) is 11.7. The number of hydrogen-bond acceptors (Lipinski definition) is 5. The minimum absolute atomic E-state index is 0.874. The zero-order valence-electron chi connectivity index (χ0n) is 15.2. The van der Waals surface area contributed by atoms with Crippen molar-refractivity contribution < 1.29 is 0 Å². The van der Waals surface area contributed by atoms with Crippen molar-refractivity contribution in [1.82, 2.24) is 25.5 Å². The minimum Gasteiger partial charge on any atom is -0.359 e. The van der Waals surface area contributed by atoms with Crippen molar-refractivity contribution in [1.29, 1.82) is 0 Å². The first-order chi connectivity index (χ1) is 11.6. The maximum absolute atomic E-state index is 4.75. The van der Waals surface area contributed by atoms with Gasteiger partial charge in [-0.05, 0) is 52.1 Å². The van der Waals surface area contributed by atoms with Crippen LogP contribution in [-0.4, -0.2) is 46.8 Å². The van der Waals surface area contributed by atoms with Crippen molar-refractivity contribution in [3.8, 4) is 0 Å². The van der Waals surface area contributed by atoms with E-state index in [9.17, 15) is 0 Å². The maximum atomic E-state index is 4.75. The normalized spacial score (nSPS) is 14.3. The fourth-order valence-corrected chi connectivity index (χ4v) is 3.50. The molecule has 0 unspecified atom stereocenters. The van der Waals surface area contributed by atoms with E-state index in [0.717, 1.165) is 62.7 Å². The van der Waals surface area contributed by atoms with Gasteiger partial charge in [-0.15, -0.1) is 0 Å². The van der Waals surface area contributed by atoms with Gasteiger partial charge in [0.25, 0.3) is 0 Å². The molecule has 0 aliphatic carbocycles. The molecule has 2 N–H and O–H groups in total. The topological polar surface area (TPSA) is 69.7 Å². The predicted octanol–water partition coefficient (Wildman–Crippen LogP) is 1.88. The molecule has 6 nitrogen and oxygen atoms in total. The third-order valence-corrected chi connectivity index (χ3v) is 4.84. The van der Waals surface area contributed by atoms with Gasteiger partial charge in [0.05, 0.1) is 11.4 Å². The lowest BCUT2D eigenvalue weighted by Crippen LogP contribution is -2.24. The minimum atomic E-state index is 0.874. The summed E-state index contributed by atoms with van der Waals surface area (Å²) in [5.74, 6) is 1.99. The highest BCUT2D eigenvalue weighted by atomic mass is 15.2. The molecular formula is C18H28N6. The van der Waals surface area contributed by atoms with Gasteiger partial charge in [-0.2, -0.15) is 5.10 Å². The van der Waals surface area contributed by atoms with E-state index < -0.39 is 0 Å². The highest BCUT2D eigenvalue weighted by molar-refractivity contribution is 5.49. The maximum Gasteiger partial charge on any atom is 0.135 e. The van der Waals surface area contributed by atoms with Crippen molar-refractivity contribution in [2.45, 2.75) is 46.5 Å². The second kappa shape index (κ2) is 7.30. The molecule has 0 saturated heterocycles. The number of aryl methyl sites for hydroxylation is 3. The predicted molar refractivity (Wildman–Crippen MR) is 96.7 cm³/mol. The molecule has 1 aliphatic rings. The van der Waals surface area contributed by atoms with E-state index >= 15 is 0 Å². The summed E-state index contributed by atoms with van der Waals surface area (Å²) in [6, 6.07) is 0. The van der Waals surface area contributed by atoms with Crippen molar-refractivity contribution in [2.75, 3.05) is 31.6 Å². The molecule has 0 amide bonds. The summed E-state index contributed by atoms with van der Waals surface area (Å²) < 4.78 is 0. The molecule has 2 aromatic rings. The van der Waals surface area contributed by atoms with Crippen LogP contribution < -0.4 is 10.2 Å². The molecule has 6 heteroatoms. The van der Waals surface area contributed by atoms with Crippen LogP contribution >= 0.6 is 0 Å². The monoisotopic (exact) mass is 328 g/mol. The van der Waals surface area contributed by atoms with Gasteiger partial charge >= 0.3 is 0 Å². The Labute approximate surface area is 144 Å². The van der Waals surface area contributed by atoms with Gasteiger partial charge < -0.3 is 10.2 Å². The lowest BCUT2D eigenvalue weighted by atomic mass is 10.1. The number of aromatic amines is 1.